The first-order chi connectivity index (χ1) is 15.8. The molecule has 2 heterocycles. The van der Waals surface area contributed by atoms with Crippen LogP contribution in [0.25, 0.3) is 10.4 Å². The van der Waals surface area contributed by atoms with Crippen molar-refractivity contribution in [2.24, 2.45) is 5.92 Å². The van der Waals surface area contributed by atoms with Crippen LogP contribution in [0.15, 0.2) is 24.3 Å². The van der Waals surface area contributed by atoms with Gasteiger partial charge in [0.15, 0.2) is 17.6 Å². The Kier molecular flexibility index (Phi) is 8.29. The minimum absolute atomic E-state index is 0.0473. The number of nitrogens with one attached hydrogen (secondary N) is 2. The number of carbonyl (C=O) groups excluding carboxylic acids is 1. The van der Waals surface area contributed by atoms with Gasteiger partial charge in [0.1, 0.15) is 11.5 Å². The lowest BCUT2D eigenvalue weighted by Crippen LogP contribution is -2.46. The van der Waals surface area contributed by atoms with Crippen LogP contribution < -0.4 is 20.1 Å². The molecule has 1 unspecified atom stereocenters. The van der Waals surface area contributed by atoms with E-state index in [2.05, 4.69) is 10.6 Å². The van der Waals surface area contributed by atoms with E-state index in [1.54, 1.807) is 25.1 Å². The lowest BCUT2D eigenvalue weighted by atomic mass is 9.91. The Labute approximate surface area is 195 Å². The van der Waals surface area contributed by atoms with Crippen LogP contribution in [0.4, 0.5) is 0 Å². The number of thiophene rings is 1. The van der Waals surface area contributed by atoms with E-state index in [0.29, 0.717) is 28.3 Å². The summed E-state index contributed by atoms with van der Waals surface area (Å²) in [6, 6.07) is 7.11. The molecule has 0 saturated carbocycles. The maximum absolute atomic E-state index is 12.7. The second-order valence-electron chi connectivity index (χ2n) is 7.75. The van der Waals surface area contributed by atoms with Gasteiger partial charge in [0, 0.05) is 22.9 Å². The molecule has 10 heteroatoms. The lowest BCUT2D eigenvalue weighted by molar-refractivity contribution is -0.139. The monoisotopic (exact) mass is 476 g/mol. The maximum atomic E-state index is 12.7. The molecule has 1 aromatic heterocycles. The predicted molar refractivity (Wildman–Crippen MR) is 123 cm³/mol. The van der Waals surface area contributed by atoms with Gasteiger partial charge in [0.05, 0.1) is 0 Å². The highest BCUT2D eigenvalue weighted by atomic mass is 32.1. The van der Waals surface area contributed by atoms with Gasteiger partial charge in [-0.3, -0.25) is 4.79 Å². The van der Waals surface area contributed by atoms with Crippen molar-refractivity contribution in [2.75, 3.05) is 26.2 Å². The van der Waals surface area contributed by atoms with Crippen LogP contribution in [-0.2, 0) is 9.59 Å². The van der Waals surface area contributed by atoms with E-state index in [4.69, 9.17) is 14.6 Å². The standard InChI is InChI=1S/C23H28N2O7S/c1-3-25-22(28)19(14-7-9-24-10-8-14)32-16-6-4-5-15(11-16)20-13(2)18(31-12-17(26)27)21(33-20)23(29)30/h4-6,11,14,19,24H,3,7-10,12H2,1-2H3,(H,25,28)(H,26,27)(H,29,30). The number of carbonyl (C=O) groups is 3. The number of carboxylic acids is 2. The number of carboxylic acid groups (broad SMARTS) is 2. The summed E-state index contributed by atoms with van der Waals surface area (Å²) in [6.07, 6.45) is 1.03. The van der Waals surface area contributed by atoms with E-state index in [1.165, 1.54) is 0 Å². The average molecular weight is 477 g/mol. The third kappa shape index (κ3) is 6.02. The fourth-order valence-corrected chi connectivity index (χ4v) is 4.95. The van der Waals surface area contributed by atoms with Crippen molar-refractivity contribution in [3.05, 3.63) is 34.7 Å². The molecule has 1 aliphatic heterocycles. The number of hydrogen-bond acceptors (Lipinski definition) is 7. The molecular weight excluding hydrogens is 448 g/mol. The Bertz CT molecular complexity index is 1010. The highest BCUT2D eigenvalue weighted by molar-refractivity contribution is 7.18. The van der Waals surface area contributed by atoms with Crippen molar-refractivity contribution in [1.29, 1.82) is 0 Å². The smallest absolute Gasteiger partial charge is 0.349 e. The van der Waals surface area contributed by atoms with Gasteiger partial charge in [0.25, 0.3) is 5.91 Å². The predicted octanol–water partition coefficient (Wildman–Crippen LogP) is 2.77. The number of aromatic carboxylic acids is 1. The van der Waals surface area contributed by atoms with Crippen LogP contribution in [0.1, 0.15) is 35.0 Å². The molecule has 1 amide bonds. The fourth-order valence-electron chi connectivity index (χ4n) is 3.87. The summed E-state index contributed by atoms with van der Waals surface area (Å²) in [6.45, 7) is 5.09. The summed E-state index contributed by atoms with van der Waals surface area (Å²) in [5.41, 5.74) is 1.23. The topological polar surface area (TPSA) is 134 Å². The van der Waals surface area contributed by atoms with Gasteiger partial charge < -0.3 is 30.3 Å². The molecule has 0 radical (unpaired) electrons. The van der Waals surface area contributed by atoms with Crippen LogP contribution in [0.5, 0.6) is 11.5 Å². The molecule has 0 spiro atoms. The minimum Gasteiger partial charge on any atom is -0.480 e. The summed E-state index contributed by atoms with van der Waals surface area (Å²) in [5, 5.41) is 24.6. The summed E-state index contributed by atoms with van der Waals surface area (Å²) < 4.78 is 11.4. The molecule has 1 aliphatic rings. The van der Waals surface area contributed by atoms with E-state index in [1.807, 2.05) is 13.0 Å². The summed E-state index contributed by atoms with van der Waals surface area (Å²) in [7, 11) is 0. The molecule has 2 aromatic rings. The van der Waals surface area contributed by atoms with E-state index >= 15 is 0 Å². The molecule has 33 heavy (non-hydrogen) atoms. The van der Waals surface area contributed by atoms with Crippen molar-refractivity contribution in [3.63, 3.8) is 0 Å². The van der Waals surface area contributed by atoms with Crippen LogP contribution in [0.3, 0.4) is 0 Å². The number of ether oxygens (including phenoxy) is 2. The zero-order chi connectivity index (χ0) is 24.0. The van der Waals surface area contributed by atoms with E-state index in [9.17, 15) is 19.5 Å². The zero-order valence-electron chi connectivity index (χ0n) is 18.6. The molecule has 0 aliphatic carbocycles. The molecule has 4 N–H and O–H groups in total. The second kappa shape index (κ2) is 11.2. The molecule has 3 rings (SSSR count). The summed E-state index contributed by atoms with van der Waals surface area (Å²) in [5.74, 6) is -1.90. The number of rotatable bonds is 10. The van der Waals surface area contributed by atoms with Gasteiger partial charge in [-0.15, -0.1) is 11.3 Å². The van der Waals surface area contributed by atoms with Gasteiger partial charge in [0.2, 0.25) is 0 Å². The molecule has 1 saturated heterocycles. The molecule has 9 nitrogen and oxygen atoms in total. The highest BCUT2D eigenvalue weighted by Crippen LogP contribution is 2.42. The maximum Gasteiger partial charge on any atom is 0.349 e. The number of aliphatic carboxylic acids is 1. The zero-order valence-corrected chi connectivity index (χ0v) is 19.4. The van der Waals surface area contributed by atoms with Crippen LogP contribution >= 0.6 is 11.3 Å². The average Bonchev–Trinajstić information content (AvgIpc) is 3.13. The van der Waals surface area contributed by atoms with Crippen molar-refractivity contribution in [2.45, 2.75) is 32.8 Å². The molecule has 1 aromatic carbocycles. The summed E-state index contributed by atoms with van der Waals surface area (Å²) >= 11 is 1.01. The van der Waals surface area contributed by atoms with Crippen LogP contribution in [0.2, 0.25) is 0 Å². The van der Waals surface area contributed by atoms with Crippen molar-refractivity contribution in [1.82, 2.24) is 10.6 Å². The Morgan fingerprint density at radius 1 is 1.24 bits per heavy atom. The molecular formula is C23H28N2O7S. The van der Waals surface area contributed by atoms with Gasteiger partial charge >= 0.3 is 11.9 Å². The minimum atomic E-state index is -1.19. The number of amides is 1. The lowest BCUT2D eigenvalue weighted by Gasteiger charge is -2.30. The summed E-state index contributed by atoms with van der Waals surface area (Å²) in [4.78, 5) is 35.9. The van der Waals surface area contributed by atoms with Crippen molar-refractivity contribution in [3.8, 4) is 21.9 Å². The van der Waals surface area contributed by atoms with Gasteiger partial charge in [-0.2, -0.15) is 0 Å². The van der Waals surface area contributed by atoms with Gasteiger partial charge in [-0.1, -0.05) is 12.1 Å². The Morgan fingerprint density at radius 3 is 2.61 bits per heavy atom. The Hall–Kier alpha value is -3.11. The number of piperidine rings is 1. The first kappa shape index (κ1) is 24.5. The highest BCUT2D eigenvalue weighted by Gasteiger charge is 2.31. The quantitative estimate of drug-likeness (QED) is 0.411. The van der Waals surface area contributed by atoms with Crippen molar-refractivity contribution < 1.29 is 34.1 Å². The van der Waals surface area contributed by atoms with E-state index in [-0.39, 0.29) is 22.5 Å². The van der Waals surface area contributed by atoms with Crippen LogP contribution in [-0.4, -0.2) is 60.4 Å². The largest absolute Gasteiger partial charge is 0.480 e. The van der Waals surface area contributed by atoms with E-state index in [0.717, 1.165) is 37.3 Å². The number of likely N-dealkylation sites (N-methyl/N-ethyl adjacent to an activating group) is 1. The van der Waals surface area contributed by atoms with Gasteiger partial charge in [-0.25, -0.2) is 9.59 Å². The third-order valence-electron chi connectivity index (χ3n) is 5.41. The first-order valence-corrected chi connectivity index (χ1v) is 11.6. The molecule has 1 fully saturated rings. The second-order valence-corrected chi connectivity index (χ2v) is 8.77. The van der Waals surface area contributed by atoms with Crippen LogP contribution in [0, 0.1) is 12.8 Å². The SMILES string of the molecule is CCNC(=O)C(Oc1cccc(-c2sc(C(=O)O)c(OCC(=O)O)c2C)c1)C1CCNCC1. The van der Waals surface area contributed by atoms with E-state index < -0.39 is 24.6 Å². The Balaban J connectivity index is 1.90. The van der Waals surface area contributed by atoms with Crippen molar-refractivity contribution >= 4 is 29.2 Å². The fraction of sp³-hybridized carbons (Fsp3) is 0.435. The first-order valence-electron chi connectivity index (χ1n) is 10.8. The molecule has 0 bridgehead atoms. The third-order valence-corrected chi connectivity index (χ3v) is 6.72. The number of benzene rings is 1. The Morgan fingerprint density at radius 2 is 1.97 bits per heavy atom. The van der Waals surface area contributed by atoms with Gasteiger partial charge in [-0.05, 0) is 57.5 Å². The molecule has 1 atom stereocenters. The molecule has 178 valence electrons. The normalized spacial score (nSPS) is 15.0. The number of hydrogen-bond donors (Lipinski definition) is 4.